The van der Waals surface area contributed by atoms with E-state index in [1.54, 1.807) is 43.5 Å². The number of halogens is 1. The number of aromatic nitrogens is 2. The first-order valence-electron chi connectivity index (χ1n) is 16.7. The van der Waals surface area contributed by atoms with E-state index >= 15 is 0 Å². The van der Waals surface area contributed by atoms with E-state index in [-0.39, 0.29) is 26.1 Å². The standard InChI is InChI=1S/C37H34ClN5O7S/c1-17-23-14-19(38)6-11-27(23)51-31(17)26-16-28(41(3)40-26)42-33(46)25-15-24-21(9-10-22-29(24)34(47)43(32(22)45)36(39)49)30(37(25,2)35(42)48)18-4-7-20(8-5-18)50-13-12-44/h4-9,11,14,16,22,24-25,29-30,44H,10,12-13,15H2,1-3H3,(H2,39,49)/t22-,24+,25-,29-,30-,37+/m0/s1. The number of aryl methyl sites for hydroxylation is 2. The summed E-state index contributed by atoms with van der Waals surface area (Å²) in [6, 6.07) is 13.5. The van der Waals surface area contributed by atoms with Crippen LogP contribution in [0, 0.1) is 36.0 Å². The van der Waals surface area contributed by atoms with Crippen LogP contribution in [0.3, 0.4) is 0 Å². The summed E-state index contributed by atoms with van der Waals surface area (Å²) < 4.78 is 8.16. The van der Waals surface area contributed by atoms with Crippen LogP contribution in [0.15, 0.2) is 60.2 Å². The van der Waals surface area contributed by atoms with Gasteiger partial charge in [-0.3, -0.25) is 23.9 Å². The Kier molecular flexibility index (Phi) is 7.74. The van der Waals surface area contributed by atoms with Crippen molar-refractivity contribution in [1.29, 1.82) is 0 Å². The maximum Gasteiger partial charge on any atom is 0.328 e. The van der Waals surface area contributed by atoms with Gasteiger partial charge in [-0.1, -0.05) is 35.4 Å². The molecule has 2 aromatic carbocycles. The van der Waals surface area contributed by atoms with Crippen molar-refractivity contribution in [3.8, 4) is 16.3 Å². The van der Waals surface area contributed by atoms with Crippen molar-refractivity contribution < 1.29 is 33.8 Å². The number of aliphatic hydroxyl groups excluding tert-OH is 1. The molecular weight excluding hydrogens is 694 g/mol. The van der Waals surface area contributed by atoms with E-state index in [1.807, 2.05) is 43.3 Å². The Labute approximate surface area is 301 Å². The molecule has 3 fully saturated rings. The summed E-state index contributed by atoms with van der Waals surface area (Å²) in [6.07, 6.45) is 2.23. The molecule has 2 saturated heterocycles. The van der Waals surface area contributed by atoms with E-state index in [0.29, 0.717) is 27.2 Å². The van der Waals surface area contributed by atoms with Gasteiger partial charge in [0.05, 0.1) is 34.7 Å². The van der Waals surface area contributed by atoms with Crippen molar-refractivity contribution in [2.75, 3.05) is 18.1 Å². The van der Waals surface area contributed by atoms with E-state index in [0.717, 1.165) is 31.7 Å². The number of hydrogen-bond donors (Lipinski definition) is 2. The number of primary amides is 1. The highest BCUT2D eigenvalue weighted by Gasteiger charge is 2.68. The fraction of sp³-hybridized carbons (Fsp3) is 0.351. The molecule has 12 nitrogen and oxygen atoms in total. The predicted molar refractivity (Wildman–Crippen MR) is 189 cm³/mol. The number of rotatable bonds is 6. The van der Waals surface area contributed by atoms with E-state index in [4.69, 9.17) is 27.2 Å². The van der Waals surface area contributed by atoms with Crippen molar-refractivity contribution >= 4 is 68.5 Å². The lowest BCUT2D eigenvalue weighted by atomic mass is 9.51. The lowest BCUT2D eigenvalue weighted by Gasteiger charge is -2.49. The largest absolute Gasteiger partial charge is 0.491 e. The van der Waals surface area contributed by atoms with Crippen LogP contribution in [-0.4, -0.2) is 62.7 Å². The van der Waals surface area contributed by atoms with Crippen LogP contribution in [0.4, 0.5) is 10.6 Å². The number of likely N-dealkylation sites (tertiary alicyclic amines) is 1. The van der Waals surface area contributed by atoms with Crippen LogP contribution in [0.5, 0.6) is 5.75 Å². The summed E-state index contributed by atoms with van der Waals surface area (Å²) in [5.41, 5.74) is 7.30. The van der Waals surface area contributed by atoms with Gasteiger partial charge in [0, 0.05) is 28.8 Å². The molecular formula is C37H34ClN5O7S. The summed E-state index contributed by atoms with van der Waals surface area (Å²) in [7, 11) is 1.69. The number of imide groups is 4. The highest BCUT2D eigenvalue weighted by molar-refractivity contribution is 7.22. The van der Waals surface area contributed by atoms with Crippen molar-refractivity contribution in [3.05, 3.63) is 76.3 Å². The third-order valence-corrected chi connectivity index (χ3v) is 12.8. The average molecular weight is 728 g/mol. The topological polar surface area (TPSA) is 165 Å². The summed E-state index contributed by atoms with van der Waals surface area (Å²) >= 11 is 7.84. The Bertz CT molecular complexity index is 2230. The number of urea groups is 1. The summed E-state index contributed by atoms with van der Waals surface area (Å²) in [4.78, 5) is 71.4. The molecule has 6 amide bonds. The SMILES string of the molecule is Cc1c(-c2cc(N3C(=O)[C@@H]4C[C@@H]5C(=CC[C@@H]6C(=O)N(C(N)=O)C(=O)[C@@H]65)[C@H](c5ccc(OCCO)cc5)[C@]4(C)C3=O)n(C)n2)sc2ccc(Cl)cc12. The third-order valence-electron chi connectivity index (χ3n) is 11.3. The van der Waals surface area contributed by atoms with Gasteiger partial charge in [0.2, 0.25) is 23.6 Å². The minimum absolute atomic E-state index is 0.106. The Morgan fingerprint density at radius 1 is 1.08 bits per heavy atom. The zero-order chi connectivity index (χ0) is 36.1. The van der Waals surface area contributed by atoms with Gasteiger partial charge in [0.15, 0.2) is 0 Å². The van der Waals surface area contributed by atoms with Gasteiger partial charge in [-0.05, 0) is 79.5 Å². The van der Waals surface area contributed by atoms with E-state index in [9.17, 15) is 29.1 Å². The number of amides is 6. The molecule has 2 aromatic heterocycles. The first kappa shape index (κ1) is 33.3. The molecule has 0 bridgehead atoms. The number of carbonyl (C=O) groups excluding carboxylic acids is 5. The second-order valence-corrected chi connectivity index (χ2v) is 15.3. The number of allylic oxidation sites excluding steroid dienone is 2. The van der Waals surface area contributed by atoms with Gasteiger partial charge >= 0.3 is 6.03 Å². The smallest absolute Gasteiger partial charge is 0.328 e. The van der Waals surface area contributed by atoms with Gasteiger partial charge in [0.1, 0.15) is 23.9 Å². The first-order valence-corrected chi connectivity index (χ1v) is 17.9. The summed E-state index contributed by atoms with van der Waals surface area (Å²) in [5.74, 6) is -5.08. The van der Waals surface area contributed by atoms with Crippen molar-refractivity contribution in [3.63, 3.8) is 0 Å². The van der Waals surface area contributed by atoms with Crippen molar-refractivity contribution in [2.45, 2.75) is 32.6 Å². The van der Waals surface area contributed by atoms with Crippen molar-refractivity contribution in [1.82, 2.24) is 14.7 Å². The summed E-state index contributed by atoms with van der Waals surface area (Å²) in [6.45, 7) is 3.74. The van der Waals surface area contributed by atoms with Crippen LogP contribution >= 0.6 is 22.9 Å². The molecule has 0 radical (unpaired) electrons. The Morgan fingerprint density at radius 3 is 2.53 bits per heavy atom. The maximum absolute atomic E-state index is 14.9. The number of hydrogen-bond acceptors (Lipinski definition) is 9. The fourth-order valence-electron chi connectivity index (χ4n) is 8.97. The minimum atomic E-state index is -1.27. The molecule has 2 aliphatic heterocycles. The molecule has 4 heterocycles. The van der Waals surface area contributed by atoms with E-state index in [2.05, 4.69) is 0 Å². The number of ether oxygens (including phenoxy) is 1. The molecule has 3 N–H and O–H groups in total. The molecule has 4 aliphatic rings. The number of benzene rings is 2. The van der Waals surface area contributed by atoms with E-state index in [1.165, 1.54) is 9.58 Å². The number of thiophene rings is 1. The van der Waals surface area contributed by atoms with Gasteiger partial charge in [0.25, 0.3) is 0 Å². The number of aliphatic hydroxyl groups is 1. The lowest BCUT2D eigenvalue weighted by molar-refractivity contribution is -0.136. The van der Waals surface area contributed by atoms with Gasteiger partial charge < -0.3 is 15.6 Å². The Hall–Kier alpha value is -4.85. The molecule has 0 spiro atoms. The number of nitrogens with zero attached hydrogens (tertiary/aromatic N) is 4. The molecule has 6 atom stereocenters. The van der Waals surface area contributed by atoms with Crippen LogP contribution in [0.1, 0.15) is 36.8 Å². The highest BCUT2D eigenvalue weighted by atomic mass is 35.5. The Balaban J connectivity index is 1.23. The van der Waals surface area contributed by atoms with Gasteiger partial charge in [-0.15, -0.1) is 11.3 Å². The Morgan fingerprint density at radius 2 is 1.82 bits per heavy atom. The maximum atomic E-state index is 14.9. The number of nitrogens with two attached hydrogens (primary N) is 1. The molecule has 14 heteroatoms. The van der Waals surface area contributed by atoms with Crippen LogP contribution in [-0.2, 0) is 26.2 Å². The fourth-order valence-corrected chi connectivity index (χ4v) is 10.3. The second kappa shape index (κ2) is 11.9. The normalized spacial score (nSPS) is 27.2. The minimum Gasteiger partial charge on any atom is -0.491 e. The first-order chi connectivity index (χ1) is 24.4. The zero-order valence-electron chi connectivity index (χ0n) is 28.0. The van der Waals surface area contributed by atoms with Crippen molar-refractivity contribution in [2.24, 2.45) is 41.9 Å². The van der Waals surface area contributed by atoms with Crippen LogP contribution < -0.4 is 15.4 Å². The monoisotopic (exact) mass is 727 g/mol. The molecule has 8 rings (SSSR count). The second-order valence-electron chi connectivity index (χ2n) is 13.9. The molecule has 2 aliphatic carbocycles. The average Bonchev–Trinajstić information content (AvgIpc) is 3.77. The quantitative estimate of drug-likeness (QED) is 0.208. The summed E-state index contributed by atoms with van der Waals surface area (Å²) in [5, 5.41) is 15.6. The number of carbonyl (C=O) groups is 5. The van der Waals surface area contributed by atoms with Gasteiger partial charge in [-0.2, -0.15) is 10.00 Å². The number of anilines is 1. The van der Waals surface area contributed by atoms with Crippen LogP contribution in [0.2, 0.25) is 5.02 Å². The molecule has 262 valence electrons. The molecule has 4 aromatic rings. The predicted octanol–water partition coefficient (Wildman–Crippen LogP) is 4.94. The van der Waals surface area contributed by atoms with Crippen LogP contribution in [0.25, 0.3) is 20.7 Å². The van der Waals surface area contributed by atoms with E-state index < -0.39 is 64.7 Å². The van der Waals surface area contributed by atoms with Gasteiger partial charge in [-0.25, -0.2) is 9.69 Å². The molecule has 0 unspecified atom stereocenters. The highest BCUT2D eigenvalue weighted by Crippen LogP contribution is 2.63. The number of fused-ring (bicyclic) bond motifs is 5. The third kappa shape index (κ3) is 4.74. The lowest BCUT2D eigenvalue weighted by Crippen LogP contribution is -2.49. The zero-order valence-corrected chi connectivity index (χ0v) is 29.5. The molecule has 1 saturated carbocycles. The molecule has 51 heavy (non-hydrogen) atoms.